The number of guanidine groups is 1. The lowest BCUT2D eigenvalue weighted by Crippen LogP contribution is -2.38. The molecule has 0 bridgehead atoms. The highest BCUT2D eigenvalue weighted by Crippen LogP contribution is 2.29. The van der Waals surface area contributed by atoms with Gasteiger partial charge in [0.1, 0.15) is 0 Å². The van der Waals surface area contributed by atoms with Gasteiger partial charge in [-0.25, -0.2) is 0 Å². The highest BCUT2D eigenvalue weighted by molar-refractivity contribution is 5.81. The lowest BCUT2D eigenvalue weighted by atomic mass is 9.88. The lowest BCUT2D eigenvalue weighted by Gasteiger charge is -2.27. The third-order valence-electron chi connectivity index (χ3n) is 3.35. The largest absolute Gasteiger partial charge is 0.349 e. The first kappa shape index (κ1) is 13.4. The summed E-state index contributed by atoms with van der Waals surface area (Å²) in [6.45, 7) is 2.80. The maximum absolute atomic E-state index is 8.78. The van der Waals surface area contributed by atoms with Crippen LogP contribution in [0.25, 0.3) is 0 Å². The molecular formula is C15H20N4. The summed E-state index contributed by atoms with van der Waals surface area (Å²) < 4.78 is 0. The molecule has 0 heterocycles. The molecule has 1 aromatic rings. The number of fused-ring (bicyclic) bond motifs is 1. The van der Waals surface area contributed by atoms with E-state index in [9.17, 15) is 0 Å². The van der Waals surface area contributed by atoms with Crippen LogP contribution in [0.5, 0.6) is 0 Å². The van der Waals surface area contributed by atoms with Gasteiger partial charge in [-0.1, -0.05) is 31.2 Å². The van der Waals surface area contributed by atoms with E-state index in [1.807, 2.05) is 6.19 Å². The van der Waals surface area contributed by atoms with E-state index in [0.717, 1.165) is 25.8 Å². The molecule has 0 fully saturated rings. The lowest BCUT2D eigenvalue weighted by molar-refractivity contribution is 0.522. The van der Waals surface area contributed by atoms with Crippen molar-refractivity contribution < 1.29 is 0 Å². The van der Waals surface area contributed by atoms with Gasteiger partial charge >= 0.3 is 0 Å². The number of benzene rings is 1. The highest BCUT2D eigenvalue weighted by Gasteiger charge is 2.20. The fraction of sp³-hybridized carbons (Fsp3) is 0.467. The van der Waals surface area contributed by atoms with Crippen molar-refractivity contribution in [3.63, 3.8) is 0 Å². The molecule has 1 unspecified atom stereocenters. The first-order valence-corrected chi connectivity index (χ1v) is 6.89. The van der Waals surface area contributed by atoms with Crippen molar-refractivity contribution in [3.8, 4) is 6.19 Å². The minimum atomic E-state index is 0.251. The monoisotopic (exact) mass is 256 g/mol. The van der Waals surface area contributed by atoms with Gasteiger partial charge in [0.05, 0.1) is 6.04 Å². The number of aryl methyl sites for hydroxylation is 1. The van der Waals surface area contributed by atoms with Crippen molar-refractivity contribution in [3.05, 3.63) is 35.4 Å². The zero-order chi connectivity index (χ0) is 13.5. The van der Waals surface area contributed by atoms with Gasteiger partial charge in [-0.3, -0.25) is 10.3 Å². The summed E-state index contributed by atoms with van der Waals surface area (Å²) in [5, 5.41) is 14.8. The molecule has 0 spiro atoms. The van der Waals surface area contributed by atoms with E-state index in [2.05, 4.69) is 46.8 Å². The van der Waals surface area contributed by atoms with E-state index in [-0.39, 0.29) is 6.04 Å². The third kappa shape index (κ3) is 3.47. The normalized spacial score (nSPS) is 18.3. The summed E-state index contributed by atoms with van der Waals surface area (Å²) in [7, 11) is 0. The summed E-state index contributed by atoms with van der Waals surface area (Å²) >= 11 is 0. The Bertz CT molecular complexity index is 487. The van der Waals surface area contributed by atoms with Crippen LogP contribution in [0.2, 0.25) is 0 Å². The van der Waals surface area contributed by atoms with Gasteiger partial charge in [-0.15, -0.1) is 0 Å². The second-order valence-corrected chi connectivity index (χ2v) is 4.76. The number of nitrogens with zero attached hydrogens (tertiary/aromatic N) is 2. The molecule has 2 N–H and O–H groups in total. The van der Waals surface area contributed by atoms with E-state index in [1.165, 1.54) is 17.5 Å². The van der Waals surface area contributed by atoms with Gasteiger partial charge in [0.2, 0.25) is 5.96 Å². The van der Waals surface area contributed by atoms with E-state index in [4.69, 9.17) is 5.26 Å². The predicted octanol–water partition coefficient (Wildman–Crippen LogP) is 2.49. The number of hydrogen-bond acceptors (Lipinski definition) is 2. The van der Waals surface area contributed by atoms with Crippen molar-refractivity contribution in [2.45, 2.75) is 38.6 Å². The van der Waals surface area contributed by atoms with E-state index in [1.54, 1.807) is 0 Å². The van der Waals surface area contributed by atoms with Crippen LogP contribution in [0.3, 0.4) is 0 Å². The molecule has 1 aliphatic rings. The number of hydrogen-bond donors (Lipinski definition) is 2. The molecule has 100 valence electrons. The fourth-order valence-electron chi connectivity index (χ4n) is 2.47. The zero-order valence-electron chi connectivity index (χ0n) is 11.3. The van der Waals surface area contributed by atoms with Crippen molar-refractivity contribution in [2.24, 2.45) is 4.99 Å². The summed E-state index contributed by atoms with van der Waals surface area (Å²) in [4.78, 5) is 4.37. The Morgan fingerprint density at radius 3 is 3.11 bits per heavy atom. The number of nitriles is 1. The van der Waals surface area contributed by atoms with Crippen LogP contribution in [-0.4, -0.2) is 12.5 Å². The Balaban J connectivity index is 2.12. The smallest absolute Gasteiger partial charge is 0.205 e. The Hall–Kier alpha value is -2.02. The van der Waals surface area contributed by atoms with Crippen LogP contribution >= 0.6 is 0 Å². The molecule has 1 aliphatic carbocycles. The van der Waals surface area contributed by atoms with Crippen LogP contribution < -0.4 is 10.6 Å². The van der Waals surface area contributed by atoms with Crippen molar-refractivity contribution in [1.29, 1.82) is 5.26 Å². The molecule has 0 amide bonds. The van der Waals surface area contributed by atoms with Crippen molar-refractivity contribution in [1.82, 2.24) is 10.6 Å². The molecule has 0 saturated carbocycles. The first-order valence-electron chi connectivity index (χ1n) is 6.89. The maximum atomic E-state index is 8.78. The van der Waals surface area contributed by atoms with Crippen LogP contribution in [0.1, 0.15) is 43.4 Å². The average Bonchev–Trinajstić information content (AvgIpc) is 2.45. The van der Waals surface area contributed by atoms with E-state index < -0.39 is 0 Å². The van der Waals surface area contributed by atoms with Gasteiger partial charge in [0.15, 0.2) is 6.19 Å². The number of rotatable bonds is 3. The van der Waals surface area contributed by atoms with E-state index in [0.29, 0.717) is 5.96 Å². The van der Waals surface area contributed by atoms with Crippen molar-refractivity contribution >= 4 is 5.96 Å². The molecule has 4 heteroatoms. The van der Waals surface area contributed by atoms with Gasteiger partial charge in [0.25, 0.3) is 0 Å². The second-order valence-electron chi connectivity index (χ2n) is 4.76. The van der Waals surface area contributed by atoms with Gasteiger partial charge in [0, 0.05) is 6.54 Å². The predicted molar refractivity (Wildman–Crippen MR) is 76.6 cm³/mol. The minimum absolute atomic E-state index is 0.251. The van der Waals surface area contributed by atoms with Crippen LogP contribution in [0.15, 0.2) is 29.3 Å². The number of nitrogens with one attached hydrogen (secondary N) is 2. The molecule has 0 saturated heterocycles. The SMILES string of the molecule is CCCN=C(NC#N)NC1CCCc2ccccc21. The van der Waals surface area contributed by atoms with Crippen LogP contribution in [-0.2, 0) is 6.42 Å². The summed E-state index contributed by atoms with van der Waals surface area (Å²) in [5.74, 6) is 0.589. The Labute approximate surface area is 114 Å². The Kier molecular flexibility index (Phi) is 4.79. The summed E-state index contributed by atoms with van der Waals surface area (Å²) in [6.07, 6.45) is 6.31. The number of aliphatic imine (C=N–C) groups is 1. The summed E-state index contributed by atoms with van der Waals surface area (Å²) in [6, 6.07) is 8.75. The Morgan fingerprint density at radius 1 is 1.47 bits per heavy atom. The first-order chi connectivity index (χ1) is 9.35. The maximum Gasteiger partial charge on any atom is 0.205 e. The third-order valence-corrected chi connectivity index (χ3v) is 3.35. The molecule has 1 atom stereocenters. The van der Waals surface area contributed by atoms with Crippen LogP contribution in [0.4, 0.5) is 0 Å². The molecule has 4 nitrogen and oxygen atoms in total. The molecular weight excluding hydrogens is 236 g/mol. The van der Waals surface area contributed by atoms with Crippen LogP contribution in [0, 0.1) is 11.5 Å². The van der Waals surface area contributed by atoms with Gasteiger partial charge in [-0.05, 0) is 36.8 Å². The van der Waals surface area contributed by atoms with Gasteiger partial charge < -0.3 is 5.32 Å². The fourth-order valence-corrected chi connectivity index (χ4v) is 2.47. The quantitative estimate of drug-likeness (QED) is 0.378. The zero-order valence-corrected chi connectivity index (χ0v) is 11.3. The molecule has 0 aromatic heterocycles. The second kappa shape index (κ2) is 6.79. The van der Waals surface area contributed by atoms with E-state index >= 15 is 0 Å². The Morgan fingerprint density at radius 2 is 2.32 bits per heavy atom. The molecule has 0 radical (unpaired) electrons. The average molecular weight is 256 g/mol. The highest BCUT2D eigenvalue weighted by atomic mass is 15.2. The summed E-state index contributed by atoms with van der Waals surface area (Å²) in [5.41, 5.74) is 2.73. The standard InChI is InChI=1S/C15H20N4/c1-2-10-17-15(18-11-16)19-14-9-5-7-12-6-3-4-8-13(12)14/h3-4,6,8,14H,2,5,7,9-10H2,1H3,(H2,17,18,19). The van der Waals surface area contributed by atoms with Crippen molar-refractivity contribution in [2.75, 3.05) is 6.54 Å². The molecule has 1 aromatic carbocycles. The topological polar surface area (TPSA) is 60.2 Å². The minimum Gasteiger partial charge on any atom is -0.349 e. The molecule has 19 heavy (non-hydrogen) atoms. The van der Waals surface area contributed by atoms with Gasteiger partial charge in [-0.2, -0.15) is 5.26 Å². The molecule has 2 rings (SSSR count). The molecule has 0 aliphatic heterocycles.